The molecule has 21 heavy (non-hydrogen) atoms. The average molecular weight is 294 g/mol. The molecule has 1 atom stereocenters. The minimum absolute atomic E-state index is 0.0151. The number of hydrogen-bond acceptors (Lipinski definition) is 3. The Kier molecular flexibility index (Phi) is 3.96. The van der Waals surface area contributed by atoms with E-state index in [9.17, 15) is 18.7 Å². The monoisotopic (exact) mass is 294 g/mol. The van der Waals surface area contributed by atoms with Gasteiger partial charge in [-0.3, -0.25) is 0 Å². The molecule has 2 rings (SSSR count). The number of ether oxygens (including phenoxy) is 1. The lowest BCUT2D eigenvalue weighted by Gasteiger charge is -2.31. The van der Waals surface area contributed by atoms with Crippen LogP contribution in [0, 0.1) is 0 Å². The normalized spacial score (nSPS) is 14.7. The molecular weight excluding hydrogens is 278 g/mol. The van der Waals surface area contributed by atoms with Gasteiger partial charge in [0.15, 0.2) is 5.60 Å². The maximum atomic E-state index is 14.3. The SMILES string of the molecule is CCOC(=O)C(F)(F)C(C)(O)c1cccc2ccccc12. The fourth-order valence-electron chi connectivity index (χ4n) is 2.24. The lowest BCUT2D eigenvalue weighted by molar-refractivity contribution is -0.212. The van der Waals surface area contributed by atoms with Crippen molar-refractivity contribution >= 4 is 16.7 Å². The van der Waals surface area contributed by atoms with E-state index in [4.69, 9.17) is 0 Å². The molecule has 0 heterocycles. The second-order valence-corrected chi connectivity index (χ2v) is 4.89. The third-order valence-corrected chi connectivity index (χ3v) is 3.46. The minimum Gasteiger partial charge on any atom is -0.461 e. The summed E-state index contributed by atoms with van der Waals surface area (Å²) in [5.41, 5.74) is -2.68. The number of esters is 1. The highest BCUT2D eigenvalue weighted by atomic mass is 19.3. The molecule has 0 fully saturated rings. The molecule has 0 aliphatic rings. The van der Waals surface area contributed by atoms with E-state index < -0.39 is 17.5 Å². The molecule has 0 radical (unpaired) electrons. The predicted octanol–water partition coefficient (Wildman–Crippen LogP) is 3.25. The summed E-state index contributed by atoms with van der Waals surface area (Å²) >= 11 is 0. The second kappa shape index (κ2) is 5.41. The molecular formula is C16H16F2O3. The first-order valence-corrected chi connectivity index (χ1v) is 6.58. The van der Waals surface area contributed by atoms with Crippen molar-refractivity contribution < 1.29 is 23.4 Å². The highest BCUT2D eigenvalue weighted by molar-refractivity contribution is 5.88. The second-order valence-electron chi connectivity index (χ2n) is 4.89. The Balaban J connectivity index is 2.58. The van der Waals surface area contributed by atoms with Crippen molar-refractivity contribution in [1.82, 2.24) is 0 Å². The van der Waals surface area contributed by atoms with Gasteiger partial charge in [0.1, 0.15) is 0 Å². The number of fused-ring (bicyclic) bond motifs is 1. The molecule has 112 valence electrons. The van der Waals surface area contributed by atoms with E-state index in [0.717, 1.165) is 6.92 Å². The highest BCUT2D eigenvalue weighted by Gasteiger charge is 2.58. The molecule has 2 aromatic rings. The maximum absolute atomic E-state index is 14.3. The Bertz CT molecular complexity index is 660. The van der Waals surface area contributed by atoms with Crippen LogP contribution in [0.15, 0.2) is 42.5 Å². The summed E-state index contributed by atoms with van der Waals surface area (Å²) in [5, 5.41) is 11.5. The molecule has 1 N–H and O–H groups in total. The molecule has 1 unspecified atom stereocenters. The number of carbonyl (C=O) groups is 1. The molecule has 0 aliphatic carbocycles. The number of alkyl halides is 2. The van der Waals surface area contributed by atoms with E-state index in [1.54, 1.807) is 36.4 Å². The van der Waals surface area contributed by atoms with Crippen LogP contribution in [-0.4, -0.2) is 23.6 Å². The van der Waals surface area contributed by atoms with Crippen LogP contribution in [0.5, 0.6) is 0 Å². The number of halogens is 2. The van der Waals surface area contributed by atoms with Gasteiger partial charge in [-0.1, -0.05) is 42.5 Å². The summed E-state index contributed by atoms with van der Waals surface area (Å²) in [6.07, 6.45) is 0. The molecule has 3 nitrogen and oxygen atoms in total. The largest absolute Gasteiger partial charge is 0.461 e. The van der Waals surface area contributed by atoms with Crippen LogP contribution in [0.2, 0.25) is 0 Å². The predicted molar refractivity (Wildman–Crippen MR) is 75.1 cm³/mol. The van der Waals surface area contributed by atoms with E-state index in [-0.39, 0.29) is 12.2 Å². The summed E-state index contributed by atoms with van der Waals surface area (Å²) < 4.78 is 32.9. The van der Waals surface area contributed by atoms with Crippen LogP contribution >= 0.6 is 0 Å². The van der Waals surface area contributed by atoms with Gasteiger partial charge in [-0.25, -0.2) is 4.79 Å². The summed E-state index contributed by atoms with van der Waals surface area (Å²) in [5.74, 6) is -5.78. The summed E-state index contributed by atoms with van der Waals surface area (Å²) in [6, 6.07) is 11.5. The van der Waals surface area contributed by atoms with E-state index >= 15 is 0 Å². The Morgan fingerprint density at radius 1 is 1.19 bits per heavy atom. The third kappa shape index (κ3) is 2.49. The van der Waals surface area contributed by atoms with Crippen LogP contribution in [0.25, 0.3) is 10.8 Å². The van der Waals surface area contributed by atoms with Gasteiger partial charge in [0.05, 0.1) is 6.61 Å². The maximum Gasteiger partial charge on any atom is 0.380 e. The van der Waals surface area contributed by atoms with Crippen molar-refractivity contribution in [2.45, 2.75) is 25.4 Å². The van der Waals surface area contributed by atoms with Gasteiger partial charge in [0.2, 0.25) is 0 Å². The van der Waals surface area contributed by atoms with Crippen molar-refractivity contribution in [3.63, 3.8) is 0 Å². The third-order valence-electron chi connectivity index (χ3n) is 3.46. The van der Waals surface area contributed by atoms with Gasteiger partial charge in [-0.05, 0) is 30.2 Å². The topological polar surface area (TPSA) is 46.5 Å². The Morgan fingerprint density at radius 2 is 1.81 bits per heavy atom. The fraction of sp³-hybridized carbons (Fsp3) is 0.312. The summed E-state index contributed by atoms with van der Waals surface area (Å²) in [7, 11) is 0. The molecule has 2 aromatic carbocycles. The van der Waals surface area contributed by atoms with Crippen LogP contribution in [0.3, 0.4) is 0 Å². The number of aliphatic hydroxyl groups is 1. The van der Waals surface area contributed by atoms with Crippen LogP contribution in [-0.2, 0) is 15.1 Å². The van der Waals surface area contributed by atoms with E-state index in [1.807, 2.05) is 0 Å². The Hall–Kier alpha value is -2.01. The van der Waals surface area contributed by atoms with Crippen molar-refractivity contribution in [1.29, 1.82) is 0 Å². The van der Waals surface area contributed by atoms with E-state index in [1.165, 1.54) is 13.0 Å². The van der Waals surface area contributed by atoms with Gasteiger partial charge < -0.3 is 9.84 Å². The standard InChI is InChI=1S/C16H16F2O3/c1-3-21-14(19)16(17,18)15(2,20)13-10-6-8-11-7-4-5-9-12(11)13/h4-10,20H,3H2,1-2H3. The van der Waals surface area contributed by atoms with Crippen molar-refractivity contribution in [2.75, 3.05) is 6.61 Å². The summed E-state index contributed by atoms with van der Waals surface area (Å²) in [4.78, 5) is 11.5. The molecule has 0 aromatic heterocycles. The molecule has 0 amide bonds. The van der Waals surface area contributed by atoms with Gasteiger partial charge in [0, 0.05) is 0 Å². The number of carbonyl (C=O) groups excluding carboxylic acids is 1. The van der Waals surface area contributed by atoms with Crippen molar-refractivity contribution in [2.24, 2.45) is 0 Å². The van der Waals surface area contributed by atoms with Gasteiger partial charge in [-0.15, -0.1) is 0 Å². The zero-order valence-corrected chi connectivity index (χ0v) is 11.8. The zero-order valence-electron chi connectivity index (χ0n) is 11.8. The molecule has 0 spiro atoms. The summed E-state index contributed by atoms with van der Waals surface area (Å²) in [6.45, 7) is 2.17. The molecule has 0 saturated heterocycles. The van der Waals surface area contributed by atoms with Gasteiger partial charge in [-0.2, -0.15) is 8.78 Å². The zero-order chi connectivity index (χ0) is 15.7. The lowest BCUT2D eigenvalue weighted by Crippen LogP contribution is -2.49. The first kappa shape index (κ1) is 15.4. The number of rotatable bonds is 4. The van der Waals surface area contributed by atoms with Gasteiger partial charge >= 0.3 is 11.9 Å². The Morgan fingerprint density at radius 3 is 2.48 bits per heavy atom. The first-order valence-electron chi connectivity index (χ1n) is 6.58. The number of benzene rings is 2. The number of hydrogen-bond donors (Lipinski definition) is 1. The van der Waals surface area contributed by atoms with Crippen LogP contribution < -0.4 is 0 Å². The molecule has 0 aliphatic heterocycles. The van der Waals surface area contributed by atoms with E-state index in [2.05, 4.69) is 4.74 Å². The lowest BCUT2D eigenvalue weighted by atomic mass is 9.85. The molecule has 0 bridgehead atoms. The van der Waals surface area contributed by atoms with Crippen molar-refractivity contribution in [3.8, 4) is 0 Å². The fourth-order valence-corrected chi connectivity index (χ4v) is 2.24. The Labute approximate surface area is 121 Å². The quantitative estimate of drug-likeness (QED) is 0.881. The first-order chi connectivity index (χ1) is 9.82. The average Bonchev–Trinajstić information content (AvgIpc) is 2.46. The van der Waals surface area contributed by atoms with Crippen LogP contribution in [0.4, 0.5) is 8.78 Å². The van der Waals surface area contributed by atoms with E-state index in [0.29, 0.717) is 10.8 Å². The van der Waals surface area contributed by atoms with Gasteiger partial charge in [0.25, 0.3) is 0 Å². The molecule has 0 saturated carbocycles. The minimum atomic E-state index is -4.05. The molecule has 5 heteroatoms. The smallest absolute Gasteiger partial charge is 0.380 e. The highest BCUT2D eigenvalue weighted by Crippen LogP contribution is 2.41. The van der Waals surface area contributed by atoms with Crippen molar-refractivity contribution in [3.05, 3.63) is 48.0 Å². The van der Waals surface area contributed by atoms with Crippen LogP contribution in [0.1, 0.15) is 19.4 Å².